The fraction of sp³-hybridized carbons (Fsp3) is 0.304. The summed E-state index contributed by atoms with van der Waals surface area (Å²) < 4.78 is 5.09. The largest absolute Gasteiger partial charge is 0.454 e. The minimum atomic E-state index is -0.695. The Labute approximate surface area is 194 Å². The third kappa shape index (κ3) is 4.55. The predicted molar refractivity (Wildman–Crippen MR) is 119 cm³/mol. The first-order chi connectivity index (χ1) is 15.3. The quantitative estimate of drug-likeness (QED) is 0.360. The molecule has 2 aliphatic rings. The van der Waals surface area contributed by atoms with Gasteiger partial charge in [0, 0.05) is 5.56 Å². The fourth-order valence-electron chi connectivity index (χ4n) is 3.94. The Balaban J connectivity index is 1.38. The highest BCUT2D eigenvalue weighted by atomic mass is 35.5. The lowest BCUT2D eigenvalue weighted by molar-refractivity contribution is -0.122. The van der Waals surface area contributed by atoms with Crippen molar-refractivity contribution >= 4 is 52.5 Å². The van der Waals surface area contributed by atoms with E-state index >= 15 is 0 Å². The van der Waals surface area contributed by atoms with Gasteiger partial charge in [0.1, 0.15) is 0 Å². The van der Waals surface area contributed by atoms with Gasteiger partial charge >= 0.3 is 5.97 Å². The van der Waals surface area contributed by atoms with Crippen molar-refractivity contribution in [2.45, 2.75) is 25.3 Å². The minimum absolute atomic E-state index is 0.166. The molecule has 32 heavy (non-hydrogen) atoms. The first-order valence-electron chi connectivity index (χ1n) is 10.2. The second kappa shape index (κ2) is 9.40. The van der Waals surface area contributed by atoms with E-state index < -0.39 is 24.4 Å². The van der Waals surface area contributed by atoms with Crippen LogP contribution in [0.1, 0.15) is 40.0 Å². The maximum Gasteiger partial charge on any atom is 0.338 e. The van der Waals surface area contributed by atoms with Crippen molar-refractivity contribution in [2.75, 3.05) is 24.6 Å². The fourth-order valence-corrected chi connectivity index (χ4v) is 4.24. The van der Waals surface area contributed by atoms with E-state index in [1.165, 1.54) is 47.4 Å². The summed E-state index contributed by atoms with van der Waals surface area (Å²) in [4.78, 5) is 53.0. The summed E-state index contributed by atoms with van der Waals surface area (Å²) in [5.74, 6) is -1.61. The molecule has 0 N–H and O–H groups in total. The number of imide groups is 1. The summed E-state index contributed by atoms with van der Waals surface area (Å²) in [6, 6.07) is 9.97. The lowest BCUT2D eigenvalue weighted by Gasteiger charge is -2.21. The first-order valence-corrected chi connectivity index (χ1v) is 11.0. The Bertz CT molecular complexity index is 1080. The Morgan fingerprint density at radius 2 is 1.59 bits per heavy atom. The van der Waals surface area contributed by atoms with E-state index in [4.69, 9.17) is 27.9 Å². The van der Waals surface area contributed by atoms with E-state index in [-0.39, 0.29) is 34.4 Å². The molecule has 2 aromatic rings. The van der Waals surface area contributed by atoms with E-state index in [0.29, 0.717) is 10.7 Å². The van der Waals surface area contributed by atoms with Crippen LogP contribution < -0.4 is 4.90 Å². The molecule has 7 nitrogen and oxygen atoms in total. The maximum absolute atomic E-state index is 12.8. The summed E-state index contributed by atoms with van der Waals surface area (Å²) in [7, 11) is 0. The summed E-state index contributed by atoms with van der Waals surface area (Å²) in [5, 5.41) is 0.555. The van der Waals surface area contributed by atoms with Crippen LogP contribution in [0, 0.1) is 0 Å². The van der Waals surface area contributed by atoms with Gasteiger partial charge in [-0.25, -0.2) is 9.69 Å². The van der Waals surface area contributed by atoms with Crippen LogP contribution in [0.2, 0.25) is 10.0 Å². The molecule has 4 rings (SSSR count). The topological polar surface area (TPSA) is 84.0 Å². The van der Waals surface area contributed by atoms with Crippen molar-refractivity contribution in [3.05, 3.63) is 63.6 Å². The molecule has 166 valence electrons. The smallest absolute Gasteiger partial charge is 0.338 e. The molecule has 2 fully saturated rings. The van der Waals surface area contributed by atoms with Gasteiger partial charge in [-0.05, 0) is 68.4 Å². The van der Waals surface area contributed by atoms with Crippen molar-refractivity contribution in [3.63, 3.8) is 0 Å². The highest BCUT2D eigenvalue weighted by Gasteiger charge is 2.43. The van der Waals surface area contributed by atoms with Crippen LogP contribution in [-0.4, -0.2) is 54.2 Å². The number of hydrogen-bond donors (Lipinski definition) is 0. The number of likely N-dealkylation sites (tertiary alicyclic amines) is 1. The van der Waals surface area contributed by atoms with Gasteiger partial charge in [0.05, 0.1) is 33.8 Å². The standard InChI is InChI=1S/C23H20Cl2N2O5/c24-17-8-5-15(11-18(17)25)20(28)13-32-23(31)14-3-6-16(7-4-14)27-21(29)12-19(22(27)30)26-9-1-2-10-26/h3-8,11,19H,1-2,9-10,12-13H2. The lowest BCUT2D eigenvalue weighted by atomic mass is 10.1. The van der Waals surface area contributed by atoms with Crippen LogP contribution in [0.15, 0.2) is 42.5 Å². The molecule has 2 saturated heterocycles. The van der Waals surface area contributed by atoms with Gasteiger partial charge in [0.25, 0.3) is 5.91 Å². The average molecular weight is 475 g/mol. The second-order valence-corrected chi connectivity index (χ2v) is 8.52. The molecule has 0 radical (unpaired) electrons. The molecule has 2 amide bonds. The van der Waals surface area contributed by atoms with E-state index in [2.05, 4.69) is 4.90 Å². The normalized spacial score (nSPS) is 18.9. The number of nitrogens with zero attached hydrogens (tertiary/aromatic N) is 2. The molecular formula is C23H20Cl2N2O5. The van der Waals surface area contributed by atoms with Gasteiger partial charge < -0.3 is 4.74 Å². The number of amides is 2. The third-order valence-electron chi connectivity index (χ3n) is 5.64. The van der Waals surface area contributed by atoms with Gasteiger partial charge in [0.2, 0.25) is 5.91 Å². The van der Waals surface area contributed by atoms with Crippen molar-refractivity contribution in [3.8, 4) is 0 Å². The SMILES string of the molecule is O=C(COC(=O)c1ccc(N2C(=O)CC(N3CCCC3)C2=O)cc1)c1ccc(Cl)c(Cl)c1. The van der Waals surface area contributed by atoms with Crippen molar-refractivity contribution < 1.29 is 23.9 Å². The highest BCUT2D eigenvalue weighted by Crippen LogP contribution is 2.28. The Morgan fingerprint density at radius 3 is 2.25 bits per heavy atom. The number of ether oxygens (including phenoxy) is 1. The molecule has 0 aliphatic carbocycles. The van der Waals surface area contributed by atoms with Gasteiger partial charge in [-0.1, -0.05) is 23.2 Å². The van der Waals surface area contributed by atoms with Crippen molar-refractivity contribution in [2.24, 2.45) is 0 Å². The molecule has 2 aromatic carbocycles. The Morgan fingerprint density at radius 1 is 0.938 bits per heavy atom. The maximum atomic E-state index is 12.8. The Kier molecular flexibility index (Phi) is 6.60. The van der Waals surface area contributed by atoms with Gasteiger partial charge in [0.15, 0.2) is 12.4 Å². The number of rotatable bonds is 6. The van der Waals surface area contributed by atoms with Crippen LogP contribution in [0.25, 0.3) is 0 Å². The van der Waals surface area contributed by atoms with Crippen LogP contribution in [0.4, 0.5) is 5.69 Å². The Hall–Kier alpha value is -2.74. The lowest BCUT2D eigenvalue weighted by Crippen LogP contribution is -2.40. The van der Waals surface area contributed by atoms with Crippen molar-refractivity contribution in [1.29, 1.82) is 0 Å². The average Bonchev–Trinajstić information content (AvgIpc) is 3.41. The van der Waals surface area contributed by atoms with Crippen LogP contribution in [-0.2, 0) is 14.3 Å². The molecule has 2 heterocycles. The summed E-state index contributed by atoms with van der Waals surface area (Å²) in [6.45, 7) is 1.19. The van der Waals surface area contributed by atoms with Gasteiger partial charge in [-0.2, -0.15) is 0 Å². The number of carbonyl (C=O) groups excluding carboxylic acids is 4. The zero-order valence-electron chi connectivity index (χ0n) is 17.1. The number of halogens is 2. The molecule has 0 aromatic heterocycles. The molecular weight excluding hydrogens is 455 g/mol. The number of anilines is 1. The molecule has 0 spiro atoms. The summed E-state index contributed by atoms with van der Waals surface area (Å²) in [5.41, 5.74) is 0.886. The molecule has 0 saturated carbocycles. The molecule has 0 bridgehead atoms. The van der Waals surface area contributed by atoms with E-state index in [1.807, 2.05) is 0 Å². The molecule has 9 heteroatoms. The predicted octanol–water partition coefficient (Wildman–Crippen LogP) is 3.76. The number of carbonyl (C=O) groups is 4. The molecule has 1 atom stereocenters. The van der Waals surface area contributed by atoms with Crippen molar-refractivity contribution in [1.82, 2.24) is 4.90 Å². The zero-order valence-corrected chi connectivity index (χ0v) is 18.6. The van der Waals surface area contributed by atoms with Gasteiger partial charge in [-0.3, -0.25) is 19.3 Å². The van der Waals surface area contributed by atoms with Crippen LogP contribution in [0.5, 0.6) is 0 Å². The zero-order chi connectivity index (χ0) is 22.8. The van der Waals surface area contributed by atoms with E-state index in [0.717, 1.165) is 25.9 Å². The monoisotopic (exact) mass is 474 g/mol. The summed E-state index contributed by atoms with van der Waals surface area (Å²) in [6.07, 6.45) is 2.23. The minimum Gasteiger partial charge on any atom is -0.454 e. The number of ketones is 1. The first kappa shape index (κ1) is 22.5. The number of esters is 1. The highest BCUT2D eigenvalue weighted by molar-refractivity contribution is 6.42. The van der Waals surface area contributed by atoms with Gasteiger partial charge in [-0.15, -0.1) is 0 Å². The third-order valence-corrected chi connectivity index (χ3v) is 6.38. The second-order valence-electron chi connectivity index (χ2n) is 7.71. The molecule has 2 aliphatic heterocycles. The number of Topliss-reactive ketones (excluding diaryl/α,β-unsaturated/α-hetero) is 1. The number of hydrogen-bond acceptors (Lipinski definition) is 6. The molecule has 1 unspecified atom stereocenters. The van der Waals surface area contributed by atoms with E-state index in [1.54, 1.807) is 0 Å². The van der Waals surface area contributed by atoms with E-state index in [9.17, 15) is 19.2 Å². The number of benzene rings is 2. The van der Waals surface area contributed by atoms with Crippen LogP contribution in [0.3, 0.4) is 0 Å². The summed E-state index contributed by atoms with van der Waals surface area (Å²) >= 11 is 11.7. The van der Waals surface area contributed by atoms with Crippen LogP contribution >= 0.6 is 23.2 Å².